The number of fused-ring (bicyclic) bond motifs is 1. The number of H-pyrrole nitrogens is 1. The fourth-order valence-corrected chi connectivity index (χ4v) is 4.16. The molecule has 0 amide bonds. The van der Waals surface area contributed by atoms with Crippen LogP contribution in [0.4, 0.5) is 0 Å². The Morgan fingerprint density at radius 2 is 1.68 bits per heavy atom. The minimum Gasteiger partial charge on any atom is -0.361 e. The van der Waals surface area contributed by atoms with Gasteiger partial charge in [0.15, 0.2) is 5.78 Å². The van der Waals surface area contributed by atoms with E-state index in [0.717, 1.165) is 25.8 Å². The summed E-state index contributed by atoms with van der Waals surface area (Å²) in [4.78, 5) is 18.3. The Morgan fingerprint density at radius 1 is 0.964 bits per heavy atom. The molecule has 0 saturated carbocycles. The van der Waals surface area contributed by atoms with Crippen molar-refractivity contribution >= 4 is 50.5 Å². The van der Waals surface area contributed by atoms with Crippen molar-refractivity contribution in [3.05, 3.63) is 105 Å². The zero-order valence-corrected chi connectivity index (χ0v) is 17.7. The predicted molar refractivity (Wildman–Crippen MR) is 122 cm³/mol. The van der Waals surface area contributed by atoms with Crippen molar-refractivity contribution in [3.63, 3.8) is 0 Å². The molecule has 1 aromatic heterocycles. The molecule has 3 aromatic carbocycles. The maximum atomic E-state index is 13.3. The average molecular weight is 448 g/mol. The largest absolute Gasteiger partial charge is 0.361 e. The molecule has 0 aliphatic carbocycles. The number of halogens is 1. The summed E-state index contributed by atoms with van der Waals surface area (Å²) >= 11 is 4.93. The number of ketones is 1. The predicted octanol–water partition coefficient (Wildman–Crippen LogP) is 7.25. The zero-order chi connectivity index (χ0) is 19.5. The van der Waals surface area contributed by atoms with Crippen molar-refractivity contribution in [1.82, 2.24) is 4.98 Å². The smallest absolute Gasteiger partial charge is 0.199 e. The van der Waals surface area contributed by atoms with Crippen LogP contribution in [0.2, 0.25) is 0 Å². The van der Waals surface area contributed by atoms with E-state index in [4.69, 9.17) is 0 Å². The average Bonchev–Trinajstić information content (AvgIpc) is 3.12. The van der Waals surface area contributed by atoms with E-state index in [1.54, 1.807) is 0 Å². The molecule has 1 N–H and O–H groups in total. The van der Waals surface area contributed by atoms with Gasteiger partial charge in [-0.15, -0.1) is 0 Å². The summed E-state index contributed by atoms with van der Waals surface area (Å²) in [6.07, 6.45) is 3.93. The molecule has 0 unspecified atom stereocenters. The van der Waals surface area contributed by atoms with Crippen LogP contribution in [0.15, 0.2) is 93.3 Å². The van der Waals surface area contributed by atoms with Crippen molar-refractivity contribution in [2.24, 2.45) is 0 Å². The monoisotopic (exact) mass is 447 g/mol. The summed E-state index contributed by atoms with van der Waals surface area (Å²) in [5.74, 6) is 0.0170. The third kappa shape index (κ3) is 4.13. The van der Waals surface area contributed by atoms with Crippen molar-refractivity contribution in [1.29, 1.82) is 0 Å². The van der Waals surface area contributed by atoms with E-state index >= 15 is 0 Å². The standard InChI is InChI=1S/C24H18BrNOS/c1-16-6-12-20(13-7-16)28-23(24(27)17-8-10-19(25)11-9-17)14-18-15-26-22-5-3-2-4-21(18)22/h2-15,26H,1H3. The zero-order valence-electron chi connectivity index (χ0n) is 15.3. The number of thioether (sulfide) groups is 1. The number of hydrogen-bond acceptors (Lipinski definition) is 2. The van der Waals surface area contributed by atoms with Crippen LogP contribution in [0.3, 0.4) is 0 Å². The molecule has 28 heavy (non-hydrogen) atoms. The molecule has 4 aromatic rings. The lowest BCUT2D eigenvalue weighted by atomic mass is 10.1. The molecule has 0 radical (unpaired) electrons. The number of carbonyl (C=O) groups excluding carboxylic acids is 1. The van der Waals surface area contributed by atoms with Gasteiger partial charge in [0.1, 0.15) is 0 Å². The van der Waals surface area contributed by atoms with Gasteiger partial charge in [-0.05, 0) is 55.5 Å². The number of benzene rings is 3. The highest BCUT2D eigenvalue weighted by Gasteiger charge is 2.15. The highest BCUT2D eigenvalue weighted by molar-refractivity contribution is 9.10. The summed E-state index contributed by atoms with van der Waals surface area (Å²) in [5.41, 5.74) is 3.94. The quantitative estimate of drug-likeness (QED) is 0.198. The molecule has 0 aliphatic rings. The van der Waals surface area contributed by atoms with Gasteiger partial charge in [-0.1, -0.05) is 63.6 Å². The first-order valence-corrected chi connectivity index (χ1v) is 10.5. The van der Waals surface area contributed by atoms with Crippen LogP contribution in [0, 0.1) is 6.92 Å². The SMILES string of the molecule is Cc1ccc(SC(=Cc2c[nH]c3ccccc23)C(=O)c2ccc(Br)cc2)cc1. The van der Waals surface area contributed by atoms with E-state index in [9.17, 15) is 4.79 Å². The molecule has 0 saturated heterocycles. The number of aromatic nitrogens is 1. The van der Waals surface area contributed by atoms with E-state index in [1.807, 2.05) is 54.7 Å². The summed E-state index contributed by atoms with van der Waals surface area (Å²) in [5, 5.41) is 1.10. The number of carbonyl (C=O) groups is 1. The summed E-state index contributed by atoms with van der Waals surface area (Å²) in [7, 11) is 0. The molecule has 1 heterocycles. The molecule has 4 heteroatoms. The number of rotatable bonds is 5. The third-order valence-electron chi connectivity index (χ3n) is 4.49. The van der Waals surface area contributed by atoms with E-state index < -0.39 is 0 Å². The highest BCUT2D eigenvalue weighted by Crippen LogP contribution is 2.33. The number of aryl methyl sites for hydroxylation is 1. The lowest BCUT2D eigenvalue weighted by Crippen LogP contribution is -2.00. The van der Waals surface area contributed by atoms with Crippen LogP contribution in [-0.4, -0.2) is 10.8 Å². The molecule has 0 atom stereocenters. The Labute approximate surface area is 176 Å². The van der Waals surface area contributed by atoms with Crippen LogP contribution in [0.25, 0.3) is 17.0 Å². The van der Waals surface area contributed by atoms with Crippen molar-refractivity contribution in [2.75, 3.05) is 0 Å². The molecular weight excluding hydrogens is 430 g/mol. The number of para-hydroxylation sites is 1. The van der Waals surface area contributed by atoms with E-state index in [1.165, 1.54) is 17.3 Å². The maximum Gasteiger partial charge on any atom is 0.199 e. The van der Waals surface area contributed by atoms with Gasteiger partial charge in [-0.2, -0.15) is 0 Å². The second kappa shape index (κ2) is 8.21. The van der Waals surface area contributed by atoms with E-state index in [0.29, 0.717) is 10.5 Å². The Hall–Kier alpha value is -2.56. The normalized spacial score (nSPS) is 11.7. The minimum atomic E-state index is 0.0170. The molecule has 0 spiro atoms. The van der Waals surface area contributed by atoms with Gasteiger partial charge in [0.25, 0.3) is 0 Å². The number of aromatic amines is 1. The van der Waals surface area contributed by atoms with Crippen molar-refractivity contribution < 1.29 is 4.79 Å². The summed E-state index contributed by atoms with van der Waals surface area (Å²) in [6.45, 7) is 2.06. The van der Waals surface area contributed by atoms with Gasteiger partial charge in [-0.3, -0.25) is 4.79 Å². The maximum absolute atomic E-state index is 13.3. The number of Topliss-reactive ketones (excluding diaryl/α,β-unsaturated/α-hetero) is 1. The van der Waals surface area contributed by atoms with Gasteiger partial charge in [0.05, 0.1) is 4.91 Å². The van der Waals surface area contributed by atoms with Crippen molar-refractivity contribution in [3.8, 4) is 0 Å². The molecule has 138 valence electrons. The fourth-order valence-electron chi connectivity index (χ4n) is 2.97. The number of hydrogen-bond donors (Lipinski definition) is 1. The Kier molecular flexibility index (Phi) is 5.51. The first-order valence-electron chi connectivity index (χ1n) is 8.93. The van der Waals surface area contributed by atoms with Crippen LogP contribution >= 0.6 is 27.7 Å². The lowest BCUT2D eigenvalue weighted by Gasteiger charge is -2.08. The Balaban J connectivity index is 1.77. The minimum absolute atomic E-state index is 0.0170. The topological polar surface area (TPSA) is 32.9 Å². The summed E-state index contributed by atoms with van der Waals surface area (Å²) in [6, 6.07) is 23.8. The highest BCUT2D eigenvalue weighted by atomic mass is 79.9. The fraction of sp³-hybridized carbons (Fsp3) is 0.0417. The van der Waals surface area contributed by atoms with Crippen molar-refractivity contribution in [2.45, 2.75) is 11.8 Å². The Morgan fingerprint density at radius 3 is 2.43 bits per heavy atom. The third-order valence-corrected chi connectivity index (χ3v) is 6.05. The first kappa shape index (κ1) is 18.8. The number of allylic oxidation sites excluding steroid dienone is 1. The second-order valence-corrected chi connectivity index (χ2v) is 8.58. The van der Waals surface area contributed by atoms with Crippen LogP contribution in [-0.2, 0) is 0 Å². The van der Waals surface area contributed by atoms with Gasteiger partial charge in [-0.25, -0.2) is 0 Å². The van der Waals surface area contributed by atoms with Gasteiger partial charge in [0, 0.05) is 37.6 Å². The van der Waals surface area contributed by atoms with Crippen LogP contribution in [0.1, 0.15) is 21.5 Å². The van der Waals surface area contributed by atoms with Crippen LogP contribution < -0.4 is 0 Å². The Bertz CT molecular complexity index is 1160. The second-order valence-electron chi connectivity index (χ2n) is 6.55. The molecule has 0 fully saturated rings. The molecule has 4 rings (SSSR count). The van der Waals surface area contributed by atoms with E-state index in [2.05, 4.69) is 58.2 Å². The van der Waals surface area contributed by atoms with Gasteiger partial charge in [0.2, 0.25) is 0 Å². The van der Waals surface area contributed by atoms with Gasteiger partial charge < -0.3 is 4.98 Å². The van der Waals surface area contributed by atoms with E-state index in [-0.39, 0.29) is 5.78 Å². The lowest BCUT2D eigenvalue weighted by molar-refractivity contribution is 0.104. The number of nitrogens with one attached hydrogen (secondary N) is 1. The van der Waals surface area contributed by atoms with Crippen LogP contribution in [0.5, 0.6) is 0 Å². The molecular formula is C24H18BrNOS. The molecule has 0 aliphatic heterocycles. The molecule has 2 nitrogen and oxygen atoms in total. The first-order chi connectivity index (χ1) is 13.6. The summed E-state index contributed by atoms with van der Waals surface area (Å²) < 4.78 is 0.956. The molecule has 0 bridgehead atoms. The van der Waals surface area contributed by atoms with Gasteiger partial charge >= 0.3 is 0 Å².